The molecule has 0 radical (unpaired) electrons. The lowest BCUT2D eigenvalue weighted by Gasteiger charge is -2.39. The van der Waals surface area contributed by atoms with Gasteiger partial charge >= 0.3 is 11.9 Å². The van der Waals surface area contributed by atoms with Gasteiger partial charge in [0.2, 0.25) is 0 Å². The third-order valence-corrected chi connectivity index (χ3v) is 13.7. The van der Waals surface area contributed by atoms with Gasteiger partial charge < -0.3 is 14.6 Å². The number of carbonyl (C=O) groups excluding carboxylic acids is 2. The number of hydrogen-bond acceptors (Lipinski definition) is 7. The molecule has 0 heterocycles. The van der Waals surface area contributed by atoms with Crippen LogP contribution < -0.4 is 0 Å². The number of unbranched alkanes of at least 4 members (excludes halogenated alkanes) is 24. The summed E-state index contributed by atoms with van der Waals surface area (Å²) < 4.78 is 12.0. The average Bonchev–Trinajstić information content (AvgIpc) is 3.24. The summed E-state index contributed by atoms with van der Waals surface area (Å²) in [5.41, 5.74) is 0. The van der Waals surface area contributed by atoms with E-state index in [2.05, 4.69) is 37.5 Å². The van der Waals surface area contributed by atoms with Crippen LogP contribution in [-0.2, 0) is 19.1 Å². The van der Waals surface area contributed by atoms with Crippen molar-refractivity contribution in [2.75, 3.05) is 52.5 Å². The Bertz CT molecular complexity index is 944. The zero-order valence-electron chi connectivity index (χ0n) is 41.5. The second-order valence-corrected chi connectivity index (χ2v) is 19.4. The van der Waals surface area contributed by atoms with Crippen LogP contribution in [0.2, 0.25) is 0 Å². The predicted molar refractivity (Wildman–Crippen MR) is 261 cm³/mol. The molecular weight excluding hydrogens is 757 g/mol. The highest BCUT2D eigenvalue weighted by Crippen LogP contribution is 2.26. The number of esters is 2. The highest BCUT2D eigenvalue weighted by Gasteiger charge is 2.25. The molecular formula is C54H106N2O5. The first-order chi connectivity index (χ1) is 30.0. The Labute approximate surface area is 380 Å². The fraction of sp³-hybridized carbons (Fsp3) is 0.963. The number of nitrogens with zero attached hydrogens (tertiary/aromatic N) is 2. The van der Waals surface area contributed by atoms with E-state index in [0.717, 1.165) is 77.7 Å². The summed E-state index contributed by atoms with van der Waals surface area (Å²) in [6.45, 7) is 15.0. The van der Waals surface area contributed by atoms with Crippen molar-refractivity contribution in [2.24, 2.45) is 11.8 Å². The van der Waals surface area contributed by atoms with Crippen LogP contribution in [0.4, 0.5) is 0 Å². The van der Waals surface area contributed by atoms with Gasteiger partial charge in [0.15, 0.2) is 0 Å². The molecule has 1 aliphatic rings. The zero-order valence-corrected chi connectivity index (χ0v) is 41.5. The van der Waals surface area contributed by atoms with Gasteiger partial charge in [0, 0.05) is 44.4 Å². The number of ether oxygens (including phenoxy) is 2. The van der Waals surface area contributed by atoms with Crippen LogP contribution in [0.1, 0.15) is 265 Å². The molecule has 0 spiro atoms. The van der Waals surface area contributed by atoms with Crippen LogP contribution in [-0.4, -0.2) is 85.4 Å². The quantitative estimate of drug-likeness (QED) is 0.0482. The lowest BCUT2D eigenvalue weighted by Crippen LogP contribution is -2.45. The average molecular weight is 863 g/mol. The van der Waals surface area contributed by atoms with E-state index in [1.807, 2.05) is 0 Å². The summed E-state index contributed by atoms with van der Waals surface area (Å²) in [7, 11) is 0. The first-order valence-electron chi connectivity index (χ1n) is 27.4. The van der Waals surface area contributed by atoms with Gasteiger partial charge in [-0.15, -0.1) is 0 Å². The molecule has 0 aromatic rings. The van der Waals surface area contributed by atoms with Crippen LogP contribution in [0, 0.1) is 11.8 Å². The summed E-state index contributed by atoms with van der Waals surface area (Å²) in [6.07, 6.45) is 44.7. The third kappa shape index (κ3) is 35.8. The molecule has 2 atom stereocenters. The molecule has 1 fully saturated rings. The number of hydrogen-bond donors (Lipinski definition) is 1. The zero-order chi connectivity index (χ0) is 44.3. The van der Waals surface area contributed by atoms with E-state index < -0.39 is 0 Å². The Hall–Kier alpha value is -1.18. The van der Waals surface area contributed by atoms with Crippen molar-refractivity contribution in [1.82, 2.24) is 9.80 Å². The maximum absolute atomic E-state index is 13.4. The third-order valence-electron chi connectivity index (χ3n) is 13.7. The van der Waals surface area contributed by atoms with Crippen molar-refractivity contribution in [3.05, 3.63) is 0 Å². The van der Waals surface area contributed by atoms with E-state index >= 15 is 0 Å². The summed E-state index contributed by atoms with van der Waals surface area (Å²) in [5.74, 6) is 0.299. The van der Waals surface area contributed by atoms with Crippen molar-refractivity contribution in [3.63, 3.8) is 0 Å². The minimum atomic E-state index is -0.0937. The van der Waals surface area contributed by atoms with Crippen molar-refractivity contribution < 1.29 is 24.2 Å². The van der Waals surface area contributed by atoms with Crippen LogP contribution in [0.3, 0.4) is 0 Å². The fourth-order valence-corrected chi connectivity index (χ4v) is 9.20. The second-order valence-electron chi connectivity index (χ2n) is 19.4. The smallest absolute Gasteiger partial charge is 0.306 e. The van der Waals surface area contributed by atoms with Crippen LogP contribution >= 0.6 is 0 Å². The molecule has 1 aliphatic carbocycles. The molecule has 7 nitrogen and oxygen atoms in total. The first kappa shape index (κ1) is 57.8. The number of aliphatic hydroxyl groups excluding tert-OH is 1. The molecule has 1 saturated carbocycles. The Balaban J connectivity index is 2.65. The van der Waals surface area contributed by atoms with E-state index in [1.165, 1.54) is 180 Å². The second kappa shape index (κ2) is 44.0. The van der Waals surface area contributed by atoms with E-state index in [-0.39, 0.29) is 24.5 Å². The van der Waals surface area contributed by atoms with Gasteiger partial charge in [0.25, 0.3) is 0 Å². The van der Waals surface area contributed by atoms with Gasteiger partial charge in [-0.2, -0.15) is 0 Å². The molecule has 7 heteroatoms. The molecule has 0 bridgehead atoms. The molecule has 0 saturated heterocycles. The van der Waals surface area contributed by atoms with Crippen LogP contribution in [0.25, 0.3) is 0 Å². The topological polar surface area (TPSA) is 79.3 Å². The van der Waals surface area contributed by atoms with E-state index in [1.54, 1.807) is 0 Å². The lowest BCUT2D eigenvalue weighted by molar-refractivity contribution is -0.150. The summed E-state index contributed by atoms with van der Waals surface area (Å²) in [5, 5.41) is 9.72. The summed E-state index contributed by atoms with van der Waals surface area (Å²) in [6, 6.07) is 0.685. The molecule has 61 heavy (non-hydrogen) atoms. The number of rotatable bonds is 48. The maximum atomic E-state index is 13.4. The highest BCUT2D eigenvalue weighted by atomic mass is 16.5. The minimum absolute atomic E-state index is 0.0430. The van der Waals surface area contributed by atoms with Gasteiger partial charge in [0.05, 0.1) is 19.8 Å². The molecule has 0 aromatic heterocycles. The predicted octanol–water partition coefficient (Wildman–Crippen LogP) is 14.8. The largest absolute Gasteiger partial charge is 0.465 e. The summed E-state index contributed by atoms with van der Waals surface area (Å²) in [4.78, 5) is 31.4. The Morgan fingerprint density at radius 3 is 1.41 bits per heavy atom. The number of carbonyl (C=O) groups is 2. The Morgan fingerprint density at radius 2 is 0.902 bits per heavy atom. The van der Waals surface area contributed by atoms with Crippen LogP contribution in [0.15, 0.2) is 0 Å². The first-order valence-corrected chi connectivity index (χ1v) is 27.4. The molecule has 0 aliphatic heterocycles. The lowest BCUT2D eigenvalue weighted by atomic mass is 9.91. The van der Waals surface area contributed by atoms with Crippen molar-refractivity contribution in [2.45, 2.75) is 271 Å². The normalized spacial score (nSPS) is 14.1. The van der Waals surface area contributed by atoms with Crippen molar-refractivity contribution >= 4 is 11.9 Å². The number of aliphatic hydroxyl groups is 1. The van der Waals surface area contributed by atoms with E-state index in [0.29, 0.717) is 38.0 Å². The monoisotopic (exact) mass is 863 g/mol. The SMILES string of the molecule is CCCCCCCCCCCCCCCC(=O)OCC(CCCCN(CCN(CCO)CCCCCC)C1CCC1)COC(=O)CC(CCCCCC)CCCCCCCC. The minimum Gasteiger partial charge on any atom is -0.465 e. The molecule has 2 unspecified atom stereocenters. The molecule has 362 valence electrons. The Kier molecular flexibility index (Phi) is 41.8. The van der Waals surface area contributed by atoms with Gasteiger partial charge in [-0.05, 0) is 70.4 Å². The highest BCUT2D eigenvalue weighted by molar-refractivity contribution is 5.70. The standard InChI is InChI=1S/C54H106N2O5/c1-5-9-13-17-19-20-21-22-23-24-25-27-30-40-53(58)60-48-51(49-61-54(59)47-50(35-28-15-11-7-3)36-29-26-18-14-10-6-2)37-31-33-42-56(52-38-34-39-52)44-43-55(45-46-57)41-32-16-12-8-4/h50-52,57H,5-49H2,1-4H3. The van der Waals surface area contributed by atoms with E-state index in [9.17, 15) is 14.7 Å². The molecule has 0 aromatic carbocycles. The van der Waals surface area contributed by atoms with E-state index in [4.69, 9.17) is 9.47 Å². The summed E-state index contributed by atoms with van der Waals surface area (Å²) >= 11 is 0. The van der Waals surface area contributed by atoms with Crippen molar-refractivity contribution in [1.29, 1.82) is 0 Å². The van der Waals surface area contributed by atoms with Crippen LogP contribution in [0.5, 0.6) is 0 Å². The molecule has 1 rings (SSSR count). The van der Waals surface area contributed by atoms with Gasteiger partial charge in [0.1, 0.15) is 0 Å². The molecule has 0 amide bonds. The van der Waals surface area contributed by atoms with Crippen molar-refractivity contribution in [3.8, 4) is 0 Å². The Morgan fingerprint density at radius 1 is 0.475 bits per heavy atom. The van der Waals surface area contributed by atoms with Gasteiger partial charge in [-0.25, -0.2) is 0 Å². The maximum Gasteiger partial charge on any atom is 0.306 e. The fourth-order valence-electron chi connectivity index (χ4n) is 9.20. The van der Waals surface area contributed by atoms with Gasteiger partial charge in [-0.1, -0.05) is 201 Å². The van der Waals surface area contributed by atoms with Gasteiger partial charge in [-0.3, -0.25) is 19.4 Å². The molecule has 1 N–H and O–H groups in total.